The van der Waals surface area contributed by atoms with Crippen molar-refractivity contribution >= 4 is 35.2 Å². The van der Waals surface area contributed by atoms with Crippen molar-refractivity contribution in [2.75, 3.05) is 18.4 Å². The van der Waals surface area contributed by atoms with Gasteiger partial charge in [0, 0.05) is 43.3 Å². The maximum atomic E-state index is 13.7. The molecule has 4 amide bonds. The highest BCUT2D eigenvalue weighted by Crippen LogP contribution is 2.25. The topological polar surface area (TPSA) is 175 Å². The molecule has 4 rings (SSSR count). The lowest BCUT2D eigenvalue weighted by Crippen LogP contribution is -2.55. The van der Waals surface area contributed by atoms with E-state index in [9.17, 15) is 34.4 Å². The zero-order chi connectivity index (χ0) is 28.8. The lowest BCUT2D eigenvalue weighted by molar-refractivity contribution is -0.384. The van der Waals surface area contributed by atoms with Gasteiger partial charge >= 0.3 is 12.0 Å². The molecule has 2 atom stereocenters. The van der Waals surface area contributed by atoms with E-state index in [1.165, 1.54) is 52.5 Å². The first-order chi connectivity index (χ1) is 19.1. The Kier molecular flexibility index (Phi) is 8.33. The quantitative estimate of drug-likeness (QED) is 0.285. The summed E-state index contributed by atoms with van der Waals surface area (Å²) in [5.74, 6) is -2.64. The molecule has 40 heavy (non-hydrogen) atoms. The fraction of sp³-hybridized carbons (Fsp3) is 0.222. The summed E-state index contributed by atoms with van der Waals surface area (Å²) in [5.41, 5.74) is 1.48. The number of aliphatic carboxylic acids is 1. The zero-order valence-electron chi connectivity index (χ0n) is 21.4. The van der Waals surface area contributed by atoms with Crippen molar-refractivity contribution in [3.63, 3.8) is 0 Å². The van der Waals surface area contributed by atoms with E-state index in [1.807, 2.05) is 13.0 Å². The smallest absolute Gasteiger partial charge is 0.323 e. The highest BCUT2D eigenvalue weighted by molar-refractivity contribution is 6.00. The van der Waals surface area contributed by atoms with Crippen LogP contribution >= 0.6 is 0 Å². The van der Waals surface area contributed by atoms with E-state index < -0.39 is 47.4 Å². The van der Waals surface area contributed by atoms with Gasteiger partial charge in [-0.2, -0.15) is 0 Å². The summed E-state index contributed by atoms with van der Waals surface area (Å²) in [6.07, 6.45) is 0.796. The summed E-state index contributed by atoms with van der Waals surface area (Å²) >= 11 is 0. The van der Waals surface area contributed by atoms with Crippen LogP contribution in [0.2, 0.25) is 0 Å². The number of anilines is 1. The monoisotopic (exact) mass is 546 g/mol. The Labute approximate surface area is 228 Å². The Morgan fingerprint density at radius 2 is 1.82 bits per heavy atom. The fourth-order valence-electron chi connectivity index (χ4n) is 4.44. The molecule has 13 nitrogen and oxygen atoms in total. The Bertz CT molecular complexity index is 1450. The molecule has 1 aromatic heterocycles. The van der Waals surface area contributed by atoms with Gasteiger partial charge in [-0.05, 0) is 42.3 Å². The average molecular weight is 547 g/mol. The molecule has 1 saturated heterocycles. The van der Waals surface area contributed by atoms with E-state index >= 15 is 0 Å². The van der Waals surface area contributed by atoms with Crippen molar-refractivity contribution in [1.82, 2.24) is 20.1 Å². The van der Waals surface area contributed by atoms with Crippen LogP contribution in [0.15, 0.2) is 73.1 Å². The number of benzene rings is 2. The van der Waals surface area contributed by atoms with Gasteiger partial charge in [0.15, 0.2) is 6.17 Å². The van der Waals surface area contributed by atoms with E-state index in [0.29, 0.717) is 5.69 Å². The molecule has 0 saturated carbocycles. The Hall–Kier alpha value is -5.33. The molecular weight excluding hydrogens is 520 g/mol. The predicted molar refractivity (Wildman–Crippen MR) is 142 cm³/mol. The number of hydrogen-bond donors (Lipinski definition) is 3. The second-order valence-corrected chi connectivity index (χ2v) is 9.12. The number of carboxylic acid groups (broad SMARTS) is 1. The number of nitro groups is 1. The zero-order valence-corrected chi connectivity index (χ0v) is 21.4. The summed E-state index contributed by atoms with van der Waals surface area (Å²) in [6, 6.07) is 13.5. The lowest BCUT2D eigenvalue weighted by Gasteiger charge is -2.30. The third-order valence-corrected chi connectivity index (χ3v) is 6.28. The van der Waals surface area contributed by atoms with Gasteiger partial charge in [0.25, 0.3) is 17.5 Å². The van der Waals surface area contributed by atoms with Gasteiger partial charge in [-0.3, -0.25) is 34.4 Å². The first-order valence-corrected chi connectivity index (χ1v) is 12.3. The van der Waals surface area contributed by atoms with Gasteiger partial charge in [-0.1, -0.05) is 24.3 Å². The number of nitrogens with one attached hydrogen (secondary N) is 2. The molecular formula is C27H26N6O7. The van der Waals surface area contributed by atoms with Gasteiger partial charge in [0.1, 0.15) is 0 Å². The first kappa shape index (κ1) is 27.7. The molecule has 13 heteroatoms. The number of hydrogen-bond acceptors (Lipinski definition) is 7. The minimum Gasteiger partial charge on any atom is -0.481 e. The summed E-state index contributed by atoms with van der Waals surface area (Å²) in [6.45, 7) is 1.89. The highest BCUT2D eigenvalue weighted by Gasteiger charge is 2.44. The molecule has 0 radical (unpaired) electrons. The summed E-state index contributed by atoms with van der Waals surface area (Å²) in [7, 11) is 0. The maximum absolute atomic E-state index is 13.7. The molecule has 3 aromatic rings. The minimum atomic E-state index is -1.44. The first-order valence-electron chi connectivity index (χ1n) is 12.3. The maximum Gasteiger partial charge on any atom is 0.323 e. The van der Waals surface area contributed by atoms with Gasteiger partial charge in [-0.15, -0.1) is 0 Å². The molecule has 206 valence electrons. The number of carboxylic acids is 1. The van der Waals surface area contributed by atoms with Crippen molar-refractivity contribution in [2.45, 2.75) is 25.6 Å². The number of nitro benzene ring substituents is 1. The van der Waals surface area contributed by atoms with E-state index in [0.717, 1.165) is 5.56 Å². The Balaban J connectivity index is 1.66. The number of amides is 4. The SMILES string of the molecule is Cc1cccc(NC(=O)N2CCN(C(=O)c3cccnc3)C2C(=O)NC(CC(=O)O)c2cccc([N+](=O)[O-])c2)c1. The summed E-state index contributed by atoms with van der Waals surface area (Å²) in [4.78, 5) is 69.0. The van der Waals surface area contributed by atoms with Crippen LogP contribution in [0.5, 0.6) is 0 Å². The minimum absolute atomic E-state index is 0.0160. The molecule has 1 fully saturated rings. The second-order valence-electron chi connectivity index (χ2n) is 9.12. The molecule has 2 heterocycles. The van der Waals surface area contributed by atoms with Crippen molar-refractivity contribution in [3.05, 3.63) is 99.9 Å². The van der Waals surface area contributed by atoms with Crippen molar-refractivity contribution < 1.29 is 29.2 Å². The van der Waals surface area contributed by atoms with Gasteiger partial charge in [0.2, 0.25) is 0 Å². The number of urea groups is 1. The number of carbonyl (C=O) groups excluding carboxylic acids is 3. The van der Waals surface area contributed by atoms with Crippen LogP contribution in [0.4, 0.5) is 16.2 Å². The van der Waals surface area contributed by atoms with Gasteiger partial charge in [-0.25, -0.2) is 4.79 Å². The van der Waals surface area contributed by atoms with Crippen LogP contribution in [0.1, 0.15) is 33.9 Å². The van der Waals surface area contributed by atoms with Crippen LogP contribution in [0.3, 0.4) is 0 Å². The molecule has 0 spiro atoms. The van der Waals surface area contributed by atoms with E-state index in [2.05, 4.69) is 15.6 Å². The van der Waals surface area contributed by atoms with E-state index in [1.54, 1.807) is 24.3 Å². The van der Waals surface area contributed by atoms with Gasteiger partial charge < -0.3 is 20.6 Å². The largest absolute Gasteiger partial charge is 0.481 e. The number of non-ortho nitro benzene ring substituents is 1. The average Bonchev–Trinajstić information content (AvgIpc) is 3.38. The standard InChI is InChI=1S/C27H26N6O7/c1-17-5-2-8-20(13-17)29-27(38)32-12-11-31(26(37)19-7-4-10-28-16-19)25(32)24(36)30-22(15-23(34)35)18-6-3-9-21(14-18)33(39)40/h2-10,13-14,16,22,25H,11-12,15H2,1H3,(H,29,38)(H,30,36)(H,34,35). The third-order valence-electron chi connectivity index (χ3n) is 6.28. The van der Waals surface area contributed by atoms with Crippen LogP contribution < -0.4 is 10.6 Å². The fourth-order valence-corrected chi connectivity index (χ4v) is 4.44. The molecule has 1 aliphatic heterocycles. The number of aromatic nitrogens is 1. The highest BCUT2D eigenvalue weighted by atomic mass is 16.6. The number of carbonyl (C=O) groups is 4. The van der Waals surface area contributed by atoms with Crippen LogP contribution in [-0.4, -0.2) is 67.9 Å². The Morgan fingerprint density at radius 1 is 1.07 bits per heavy atom. The predicted octanol–water partition coefficient (Wildman–Crippen LogP) is 2.95. The van der Waals surface area contributed by atoms with Crippen LogP contribution in [0, 0.1) is 17.0 Å². The lowest BCUT2D eigenvalue weighted by atomic mass is 10.0. The second kappa shape index (κ2) is 12.0. The van der Waals surface area contributed by atoms with Gasteiger partial charge in [0.05, 0.1) is 22.9 Å². The molecule has 0 aliphatic carbocycles. The third kappa shape index (κ3) is 6.38. The van der Waals surface area contributed by atoms with E-state index in [-0.39, 0.29) is 29.9 Å². The van der Waals surface area contributed by atoms with Crippen molar-refractivity contribution in [2.24, 2.45) is 0 Å². The van der Waals surface area contributed by atoms with E-state index in [4.69, 9.17) is 0 Å². The van der Waals surface area contributed by atoms with Crippen molar-refractivity contribution in [1.29, 1.82) is 0 Å². The summed E-state index contributed by atoms with van der Waals surface area (Å²) < 4.78 is 0. The molecule has 2 unspecified atom stereocenters. The summed E-state index contributed by atoms with van der Waals surface area (Å²) in [5, 5.41) is 26.1. The normalized spacial score (nSPS) is 15.3. The number of pyridine rings is 1. The number of aryl methyl sites for hydroxylation is 1. The molecule has 0 bridgehead atoms. The molecule has 2 aromatic carbocycles. The number of rotatable bonds is 8. The van der Waals surface area contributed by atoms with Crippen LogP contribution in [0.25, 0.3) is 0 Å². The molecule has 3 N–H and O–H groups in total. The van der Waals surface area contributed by atoms with Crippen molar-refractivity contribution in [3.8, 4) is 0 Å². The molecule has 1 aliphatic rings. The number of nitrogens with zero attached hydrogens (tertiary/aromatic N) is 4. The van der Waals surface area contributed by atoms with Crippen LogP contribution in [-0.2, 0) is 9.59 Å². The Morgan fingerprint density at radius 3 is 2.50 bits per heavy atom.